The molecule has 0 radical (unpaired) electrons. The van der Waals surface area contributed by atoms with Crippen molar-refractivity contribution >= 4 is 12.0 Å². The largest absolute Gasteiger partial charge is 0.479 e. The fourth-order valence-corrected chi connectivity index (χ4v) is 2.02. The second kappa shape index (κ2) is 6.33. The molecule has 20 heavy (non-hydrogen) atoms. The number of amides is 2. The Labute approximate surface area is 116 Å². The van der Waals surface area contributed by atoms with E-state index in [1.165, 1.54) is 0 Å². The Morgan fingerprint density at radius 1 is 1.40 bits per heavy atom. The van der Waals surface area contributed by atoms with Crippen LogP contribution in [0.15, 0.2) is 24.5 Å². The van der Waals surface area contributed by atoms with Crippen LogP contribution < -0.4 is 10.6 Å². The zero-order valence-electron chi connectivity index (χ0n) is 11.0. The first kappa shape index (κ1) is 14.3. The summed E-state index contributed by atoms with van der Waals surface area (Å²) >= 11 is 0. The number of pyridine rings is 1. The highest BCUT2D eigenvalue weighted by molar-refractivity contribution is 5.86. The van der Waals surface area contributed by atoms with Gasteiger partial charge in [0.2, 0.25) is 0 Å². The van der Waals surface area contributed by atoms with Crippen molar-refractivity contribution in [3.63, 3.8) is 0 Å². The van der Waals surface area contributed by atoms with E-state index in [9.17, 15) is 14.7 Å². The number of ether oxygens (including phenoxy) is 1. The van der Waals surface area contributed by atoms with Crippen LogP contribution in [0.5, 0.6) is 0 Å². The van der Waals surface area contributed by atoms with Crippen LogP contribution in [0.4, 0.5) is 4.79 Å². The molecule has 0 aromatic carbocycles. The number of nitrogens with zero attached hydrogens (tertiary/aromatic N) is 1. The van der Waals surface area contributed by atoms with Crippen LogP contribution in [0.2, 0.25) is 0 Å². The van der Waals surface area contributed by atoms with Crippen LogP contribution in [0.3, 0.4) is 0 Å². The van der Waals surface area contributed by atoms with E-state index in [4.69, 9.17) is 4.74 Å². The van der Waals surface area contributed by atoms with Crippen LogP contribution in [0, 0.1) is 0 Å². The van der Waals surface area contributed by atoms with E-state index >= 15 is 0 Å². The molecule has 3 N–H and O–H groups in total. The van der Waals surface area contributed by atoms with E-state index in [-0.39, 0.29) is 13.0 Å². The molecule has 2 amide bonds. The molecule has 1 fully saturated rings. The number of urea groups is 1. The number of carboxylic acid groups (broad SMARTS) is 1. The third-order valence-corrected chi connectivity index (χ3v) is 3.23. The minimum absolute atomic E-state index is 0.000107. The molecule has 1 aromatic heterocycles. The monoisotopic (exact) mass is 279 g/mol. The molecule has 0 bridgehead atoms. The van der Waals surface area contributed by atoms with Crippen LogP contribution in [0.1, 0.15) is 12.0 Å². The van der Waals surface area contributed by atoms with Crippen molar-refractivity contribution < 1.29 is 19.4 Å². The smallest absolute Gasteiger partial charge is 0.332 e. The predicted molar refractivity (Wildman–Crippen MR) is 70.3 cm³/mol. The minimum atomic E-state index is -1.30. The third kappa shape index (κ3) is 3.45. The number of carbonyl (C=O) groups is 2. The van der Waals surface area contributed by atoms with Crippen molar-refractivity contribution in [2.24, 2.45) is 0 Å². The lowest BCUT2D eigenvalue weighted by molar-refractivity contribution is -0.144. The molecule has 2 rings (SSSR count). The van der Waals surface area contributed by atoms with Gasteiger partial charge in [-0.05, 0) is 24.1 Å². The van der Waals surface area contributed by atoms with E-state index in [2.05, 4.69) is 15.6 Å². The minimum Gasteiger partial charge on any atom is -0.479 e. The molecule has 0 saturated carbocycles. The molecule has 1 atom stereocenters. The second-order valence-electron chi connectivity index (χ2n) is 4.68. The van der Waals surface area contributed by atoms with Gasteiger partial charge in [0, 0.05) is 32.0 Å². The molecule has 7 nitrogen and oxygen atoms in total. The maximum absolute atomic E-state index is 11.7. The maximum atomic E-state index is 11.7. The van der Waals surface area contributed by atoms with Crippen LogP contribution in [0.25, 0.3) is 0 Å². The second-order valence-corrected chi connectivity index (χ2v) is 4.68. The van der Waals surface area contributed by atoms with Crippen molar-refractivity contribution in [1.82, 2.24) is 15.6 Å². The Bertz CT molecular complexity index is 472. The SMILES string of the molecule is O=C(NCCc1ccncc1)NC1(C(=O)O)CCOC1. The molecule has 1 aromatic rings. The average Bonchev–Trinajstić information content (AvgIpc) is 2.90. The lowest BCUT2D eigenvalue weighted by Gasteiger charge is -2.23. The molecule has 0 spiro atoms. The molecule has 1 saturated heterocycles. The van der Waals surface area contributed by atoms with Gasteiger partial charge in [-0.25, -0.2) is 9.59 Å². The molecular weight excluding hydrogens is 262 g/mol. The van der Waals surface area contributed by atoms with Crippen molar-refractivity contribution in [2.75, 3.05) is 19.8 Å². The zero-order chi connectivity index (χ0) is 14.4. The summed E-state index contributed by atoms with van der Waals surface area (Å²) in [5.74, 6) is -1.07. The summed E-state index contributed by atoms with van der Waals surface area (Å²) in [5.41, 5.74) is -0.252. The zero-order valence-corrected chi connectivity index (χ0v) is 11.0. The quantitative estimate of drug-likeness (QED) is 0.713. The Kier molecular flexibility index (Phi) is 4.52. The average molecular weight is 279 g/mol. The summed E-state index contributed by atoms with van der Waals surface area (Å²) < 4.78 is 5.07. The van der Waals surface area contributed by atoms with Gasteiger partial charge in [0.15, 0.2) is 5.54 Å². The summed E-state index contributed by atoms with van der Waals surface area (Å²) in [7, 11) is 0. The lowest BCUT2D eigenvalue weighted by atomic mass is 9.99. The Morgan fingerprint density at radius 2 is 2.15 bits per heavy atom. The Hall–Kier alpha value is -2.15. The first-order valence-corrected chi connectivity index (χ1v) is 6.38. The number of carbonyl (C=O) groups excluding carboxylic acids is 1. The van der Waals surface area contributed by atoms with E-state index in [0.29, 0.717) is 19.6 Å². The Balaban J connectivity index is 1.79. The van der Waals surface area contributed by atoms with Crippen LogP contribution in [-0.4, -0.2) is 47.4 Å². The molecule has 108 valence electrons. The lowest BCUT2D eigenvalue weighted by Crippen LogP contribution is -2.57. The number of hydrogen-bond donors (Lipinski definition) is 3. The summed E-state index contributed by atoms with van der Waals surface area (Å²) in [5, 5.41) is 14.3. The predicted octanol–water partition coefficient (Wildman–Crippen LogP) is 0.167. The molecule has 1 aliphatic heterocycles. The normalized spacial score (nSPS) is 21.4. The highest BCUT2D eigenvalue weighted by Gasteiger charge is 2.43. The molecule has 0 aliphatic carbocycles. The highest BCUT2D eigenvalue weighted by atomic mass is 16.5. The first-order valence-electron chi connectivity index (χ1n) is 6.38. The fourth-order valence-electron chi connectivity index (χ4n) is 2.02. The summed E-state index contributed by atoms with van der Waals surface area (Å²) in [6.45, 7) is 0.760. The first-order chi connectivity index (χ1) is 9.62. The van der Waals surface area contributed by atoms with Gasteiger partial charge in [-0.3, -0.25) is 4.98 Å². The van der Waals surface area contributed by atoms with Gasteiger partial charge in [0.1, 0.15) is 0 Å². The van der Waals surface area contributed by atoms with Crippen LogP contribution in [-0.2, 0) is 16.0 Å². The van der Waals surface area contributed by atoms with Gasteiger partial charge in [-0.2, -0.15) is 0 Å². The fraction of sp³-hybridized carbons (Fsp3) is 0.462. The number of nitrogens with one attached hydrogen (secondary N) is 2. The number of carboxylic acids is 1. The molecular formula is C13H17N3O4. The van der Waals surface area contributed by atoms with Crippen molar-refractivity contribution in [3.05, 3.63) is 30.1 Å². The standard InChI is InChI=1S/C13H17N3O4/c17-11(18)13(4-8-20-9-13)16-12(19)15-7-3-10-1-5-14-6-2-10/h1-2,5-6H,3-4,7-9H2,(H,17,18)(H2,15,16,19). The van der Waals surface area contributed by atoms with E-state index in [0.717, 1.165) is 5.56 Å². The summed E-state index contributed by atoms with van der Waals surface area (Å²) in [6, 6.07) is 3.23. The molecule has 7 heteroatoms. The van der Waals surface area contributed by atoms with Gasteiger partial charge < -0.3 is 20.5 Å². The van der Waals surface area contributed by atoms with E-state index in [1.807, 2.05) is 12.1 Å². The van der Waals surface area contributed by atoms with Crippen molar-refractivity contribution in [1.29, 1.82) is 0 Å². The third-order valence-electron chi connectivity index (χ3n) is 3.23. The Morgan fingerprint density at radius 3 is 2.75 bits per heavy atom. The molecule has 2 heterocycles. The highest BCUT2D eigenvalue weighted by Crippen LogP contribution is 2.18. The van der Waals surface area contributed by atoms with Crippen molar-refractivity contribution in [2.45, 2.75) is 18.4 Å². The maximum Gasteiger partial charge on any atom is 0.332 e. The van der Waals surface area contributed by atoms with E-state index < -0.39 is 17.5 Å². The molecule has 1 unspecified atom stereocenters. The number of hydrogen-bond acceptors (Lipinski definition) is 4. The van der Waals surface area contributed by atoms with Gasteiger partial charge in [0.25, 0.3) is 0 Å². The van der Waals surface area contributed by atoms with Gasteiger partial charge in [0.05, 0.1) is 6.61 Å². The van der Waals surface area contributed by atoms with Crippen LogP contribution >= 0.6 is 0 Å². The van der Waals surface area contributed by atoms with E-state index in [1.54, 1.807) is 12.4 Å². The topological polar surface area (TPSA) is 101 Å². The summed E-state index contributed by atoms with van der Waals surface area (Å²) in [6.07, 6.45) is 4.31. The number of rotatable bonds is 5. The number of aliphatic carboxylic acids is 1. The molecule has 1 aliphatic rings. The van der Waals surface area contributed by atoms with Gasteiger partial charge >= 0.3 is 12.0 Å². The van der Waals surface area contributed by atoms with Gasteiger partial charge in [-0.1, -0.05) is 0 Å². The summed E-state index contributed by atoms with van der Waals surface area (Å²) in [4.78, 5) is 26.9. The number of aromatic nitrogens is 1. The van der Waals surface area contributed by atoms with Crippen molar-refractivity contribution in [3.8, 4) is 0 Å². The van der Waals surface area contributed by atoms with Gasteiger partial charge in [-0.15, -0.1) is 0 Å².